The van der Waals surface area contributed by atoms with Crippen molar-refractivity contribution in [2.45, 2.75) is 26.2 Å². The second-order valence-electron chi connectivity index (χ2n) is 5.33. The van der Waals surface area contributed by atoms with Gasteiger partial charge < -0.3 is 4.74 Å². The molecule has 126 valence electrons. The summed E-state index contributed by atoms with van der Waals surface area (Å²) in [5.41, 5.74) is 6.35. The zero-order chi connectivity index (χ0) is 17.2. The van der Waals surface area contributed by atoms with Gasteiger partial charge in [0.15, 0.2) is 0 Å². The van der Waals surface area contributed by atoms with E-state index in [1.165, 1.54) is 0 Å². The third-order valence-corrected chi connectivity index (χ3v) is 3.39. The zero-order valence-corrected chi connectivity index (χ0v) is 13.7. The van der Waals surface area contributed by atoms with Gasteiger partial charge in [-0.15, -0.1) is 0 Å². The van der Waals surface area contributed by atoms with E-state index in [1.807, 2.05) is 37.3 Å². The molecule has 0 spiro atoms. The summed E-state index contributed by atoms with van der Waals surface area (Å²) in [6.07, 6.45) is 1.78. The van der Waals surface area contributed by atoms with E-state index in [9.17, 15) is 9.59 Å². The molecule has 5 nitrogen and oxygen atoms in total. The lowest BCUT2D eigenvalue weighted by molar-refractivity contribution is -0.121. The highest BCUT2D eigenvalue weighted by Crippen LogP contribution is 2.17. The molecule has 0 bridgehead atoms. The maximum atomic E-state index is 12.2. The van der Waals surface area contributed by atoms with Crippen LogP contribution in [0.4, 0.5) is 0 Å². The van der Waals surface area contributed by atoms with Crippen molar-refractivity contribution in [3.8, 4) is 5.75 Å². The lowest BCUT2D eigenvalue weighted by Gasteiger charge is -2.11. The van der Waals surface area contributed by atoms with Crippen molar-refractivity contribution in [1.29, 1.82) is 0 Å². The largest absolute Gasteiger partial charge is 0.493 e. The lowest BCUT2D eigenvalue weighted by Crippen LogP contribution is -2.41. The Morgan fingerprint density at radius 2 is 1.67 bits per heavy atom. The fourth-order valence-corrected chi connectivity index (χ4v) is 2.15. The first-order valence-corrected chi connectivity index (χ1v) is 8.05. The van der Waals surface area contributed by atoms with Crippen LogP contribution in [-0.4, -0.2) is 18.4 Å². The van der Waals surface area contributed by atoms with Gasteiger partial charge in [-0.05, 0) is 30.5 Å². The SMILES string of the molecule is CCCOc1ccccc1C(=O)NNC(=O)CCc1ccccc1. The number of amides is 2. The first-order chi connectivity index (χ1) is 11.7. The molecular formula is C19H22N2O3. The Morgan fingerprint density at radius 3 is 2.42 bits per heavy atom. The number of benzene rings is 2. The van der Waals surface area contributed by atoms with E-state index in [2.05, 4.69) is 10.9 Å². The molecule has 5 heteroatoms. The number of rotatable bonds is 7. The summed E-state index contributed by atoms with van der Waals surface area (Å²) in [5.74, 6) is -0.121. The molecule has 24 heavy (non-hydrogen) atoms. The van der Waals surface area contributed by atoms with Crippen LogP contribution in [0.1, 0.15) is 35.7 Å². The van der Waals surface area contributed by atoms with Gasteiger partial charge in [-0.3, -0.25) is 20.4 Å². The maximum absolute atomic E-state index is 12.2. The summed E-state index contributed by atoms with van der Waals surface area (Å²) in [6.45, 7) is 2.53. The number of aryl methyl sites for hydroxylation is 1. The Kier molecular flexibility index (Phi) is 6.83. The van der Waals surface area contributed by atoms with Crippen LogP contribution < -0.4 is 15.6 Å². The Morgan fingerprint density at radius 1 is 0.958 bits per heavy atom. The second kappa shape index (κ2) is 9.35. The maximum Gasteiger partial charge on any atom is 0.273 e. The Labute approximate surface area is 142 Å². The fraction of sp³-hybridized carbons (Fsp3) is 0.263. The van der Waals surface area contributed by atoms with Gasteiger partial charge in [0.1, 0.15) is 5.75 Å². The molecule has 2 aromatic rings. The number of hydrogen-bond acceptors (Lipinski definition) is 3. The highest BCUT2D eigenvalue weighted by Gasteiger charge is 2.12. The summed E-state index contributed by atoms with van der Waals surface area (Å²) in [4.78, 5) is 24.1. The van der Waals surface area contributed by atoms with Crippen LogP contribution >= 0.6 is 0 Å². The zero-order valence-electron chi connectivity index (χ0n) is 13.7. The summed E-state index contributed by atoms with van der Waals surface area (Å²) in [7, 11) is 0. The minimum absolute atomic E-state index is 0.237. The number of carbonyl (C=O) groups is 2. The van der Waals surface area contributed by atoms with Crippen LogP contribution in [0.25, 0.3) is 0 Å². The standard InChI is InChI=1S/C19H22N2O3/c1-2-14-24-17-11-7-6-10-16(17)19(23)21-20-18(22)13-12-15-8-4-3-5-9-15/h3-11H,2,12-14H2,1H3,(H,20,22)(H,21,23). The van der Waals surface area contributed by atoms with Gasteiger partial charge in [-0.1, -0.05) is 49.4 Å². The smallest absolute Gasteiger partial charge is 0.273 e. The van der Waals surface area contributed by atoms with Crippen molar-refractivity contribution >= 4 is 11.8 Å². The predicted octanol–water partition coefficient (Wildman–Crippen LogP) is 2.87. The van der Waals surface area contributed by atoms with Gasteiger partial charge >= 0.3 is 0 Å². The van der Waals surface area contributed by atoms with Gasteiger partial charge in [0.05, 0.1) is 12.2 Å². The molecule has 0 aliphatic carbocycles. The van der Waals surface area contributed by atoms with E-state index in [-0.39, 0.29) is 5.91 Å². The highest BCUT2D eigenvalue weighted by atomic mass is 16.5. The van der Waals surface area contributed by atoms with Gasteiger partial charge in [0.2, 0.25) is 5.91 Å². The quantitative estimate of drug-likeness (QED) is 0.769. The molecule has 0 radical (unpaired) electrons. The van der Waals surface area contributed by atoms with Crippen molar-refractivity contribution in [2.24, 2.45) is 0 Å². The second-order valence-corrected chi connectivity index (χ2v) is 5.33. The van der Waals surface area contributed by atoms with E-state index in [4.69, 9.17) is 4.74 Å². The molecule has 2 amide bonds. The molecule has 0 aromatic heterocycles. The number of hydrazine groups is 1. The molecule has 0 atom stereocenters. The van der Waals surface area contributed by atoms with Gasteiger partial charge in [0.25, 0.3) is 5.91 Å². The third kappa shape index (κ3) is 5.43. The van der Waals surface area contributed by atoms with E-state index in [0.717, 1.165) is 12.0 Å². The van der Waals surface area contributed by atoms with Gasteiger partial charge in [-0.2, -0.15) is 0 Å². The van der Waals surface area contributed by atoms with Gasteiger partial charge in [-0.25, -0.2) is 0 Å². The number of hydrogen-bond donors (Lipinski definition) is 2. The van der Waals surface area contributed by atoms with E-state index >= 15 is 0 Å². The summed E-state index contributed by atoms with van der Waals surface area (Å²) in [6, 6.07) is 16.7. The van der Waals surface area contributed by atoms with Gasteiger partial charge in [0, 0.05) is 6.42 Å². The highest BCUT2D eigenvalue weighted by molar-refractivity contribution is 5.97. The molecular weight excluding hydrogens is 304 g/mol. The van der Waals surface area contributed by atoms with Crippen molar-refractivity contribution in [1.82, 2.24) is 10.9 Å². The van der Waals surface area contributed by atoms with Crippen molar-refractivity contribution in [3.63, 3.8) is 0 Å². The van der Waals surface area contributed by atoms with Crippen molar-refractivity contribution in [3.05, 3.63) is 65.7 Å². The molecule has 0 aliphatic heterocycles. The van der Waals surface area contributed by atoms with E-state index < -0.39 is 5.91 Å². The minimum atomic E-state index is -0.394. The fourth-order valence-electron chi connectivity index (χ4n) is 2.15. The van der Waals surface area contributed by atoms with E-state index in [0.29, 0.717) is 30.8 Å². The Balaban J connectivity index is 1.83. The Bertz CT molecular complexity index is 671. The first-order valence-electron chi connectivity index (χ1n) is 8.05. The molecule has 0 unspecified atom stereocenters. The van der Waals surface area contributed by atoms with Crippen molar-refractivity contribution in [2.75, 3.05) is 6.61 Å². The van der Waals surface area contributed by atoms with Crippen LogP contribution in [0.5, 0.6) is 5.75 Å². The first kappa shape index (κ1) is 17.5. The molecule has 2 rings (SSSR count). The van der Waals surface area contributed by atoms with E-state index in [1.54, 1.807) is 24.3 Å². The third-order valence-electron chi connectivity index (χ3n) is 3.39. The molecule has 0 saturated carbocycles. The molecule has 2 N–H and O–H groups in total. The lowest BCUT2D eigenvalue weighted by atomic mass is 10.1. The van der Waals surface area contributed by atoms with Crippen LogP contribution in [-0.2, 0) is 11.2 Å². The summed E-state index contributed by atoms with van der Waals surface area (Å²) < 4.78 is 5.55. The number of ether oxygens (including phenoxy) is 1. The average molecular weight is 326 g/mol. The molecule has 0 aliphatic rings. The molecule has 0 saturated heterocycles. The molecule has 2 aromatic carbocycles. The van der Waals surface area contributed by atoms with Crippen LogP contribution in [0.3, 0.4) is 0 Å². The summed E-state index contributed by atoms with van der Waals surface area (Å²) in [5, 5.41) is 0. The van der Waals surface area contributed by atoms with Crippen LogP contribution in [0, 0.1) is 0 Å². The van der Waals surface area contributed by atoms with Crippen LogP contribution in [0.2, 0.25) is 0 Å². The Hall–Kier alpha value is -2.82. The van der Waals surface area contributed by atoms with Crippen LogP contribution in [0.15, 0.2) is 54.6 Å². The monoisotopic (exact) mass is 326 g/mol. The average Bonchev–Trinajstić information content (AvgIpc) is 2.63. The number of carbonyl (C=O) groups excluding carboxylic acids is 2. The molecule has 0 heterocycles. The topological polar surface area (TPSA) is 67.4 Å². The summed E-state index contributed by atoms with van der Waals surface area (Å²) >= 11 is 0. The molecule has 0 fully saturated rings. The predicted molar refractivity (Wildman–Crippen MR) is 92.6 cm³/mol. The minimum Gasteiger partial charge on any atom is -0.493 e. The number of para-hydroxylation sites is 1. The number of nitrogens with one attached hydrogen (secondary N) is 2. The van der Waals surface area contributed by atoms with Crippen molar-refractivity contribution < 1.29 is 14.3 Å². The normalized spacial score (nSPS) is 10.0.